The average Bonchev–Trinajstić information content (AvgIpc) is 2.75. The first-order valence-corrected chi connectivity index (χ1v) is 6.76. The lowest BCUT2D eigenvalue weighted by atomic mass is 10.0. The molecule has 1 aromatic heterocycles. The van der Waals surface area contributed by atoms with Crippen LogP contribution < -0.4 is 0 Å². The zero-order chi connectivity index (χ0) is 11.0. The summed E-state index contributed by atoms with van der Waals surface area (Å²) in [7, 11) is 0. The van der Waals surface area contributed by atoms with Crippen molar-refractivity contribution in [3.05, 3.63) is 34.7 Å². The quantitative estimate of drug-likeness (QED) is 0.753. The molecule has 0 unspecified atom stereocenters. The second-order valence-electron chi connectivity index (χ2n) is 3.93. The lowest BCUT2D eigenvalue weighted by Crippen LogP contribution is -1.98. The molecule has 3 rings (SSSR count). The third kappa shape index (κ3) is 1.83. The van der Waals surface area contributed by atoms with Crippen molar-refractivity contribution in [1.82, 2.24) is 9.97 Å². The maximum atomic E-state index is 5.04. The summed E-state index contributed by atoms with van der Waals surface area (Å²) in [6.45, 7) is 0. The van der Waals surface area contributed by atoms with Gasteiger partial charge in [-0.1, -0.05) is 6.07 Å². The Balaban J connectivity index is 2.06. The molecule has 0 atom stereocenters. The lowest BCUT2D eigenvalue weighted by molar-refractivity contribution is 0.890. The van der Waals surface area contributed by atoms with E-state index in [0.29, 0.717) is 4.77 Å². The van der Waals surface area contributed by atoms with Crippen molar-refractivity contribution in [3.8, 4) is 11.3 Å². The molecule has 2 heterocycles. The van der Waals surface area contributed by atoms with Gasteiger partial charge in [0.25, 0.3) is 0 Å². The van der Waals surface area contributed by atoms with Gasteiger partial charge in [-0.15, -0.1) is 11.8 Å². The van der Waals surface area contributed by atoms with Crippen LogP contribution in [0.5, 0.6) is 0 Å². The van der Waals surface area contributed by atoms with E-state index in [1.54, 1.807) is 0 Å². The Morgan fingerprint density at radius 3 is 3.06 bits per heavy atom. The Bertz CT molecular complexity index is 568. The molecule has 2 nitrogen and oxygen atoms in total. The summed E-state index contributed by atoms with van der Waals surface area (Å²) in [6.07, 6.45) is 4.41. The molecule has 0 saturated heterocycles. The third-order valence-corrected chi connectivity index (χ3v) is 4.24. The SMILES string of the molecule is S=c1[nH]cc(-c2ccc3c(c2)CCCS3)[nH]1. The van der Waals surface area contributed by atoms with Gasteiger partial charge in [-0.3, -0.25) is 0 Å². The fourth-order valence-electron chi connectivity index (χ4n) is 2.02. The number of aryl methyl sites for hydroxylation is 1. The van der Waals surface area contributed by atoms with Crippen molar-refractivity contribution < 1.29 is 0 Å². The number of aromatic amines is 2. The van der Waals surface area contributed by atoms with Crippen molar-refractivity contribution in [3.63, 3.8) is 0 Å². The smallest absolute Gasteiger partial charge is 0.174 e. The average molecular weight is 248 g/mol. The summed E-state index contributed by atoms with van der Waals surface area (Å²) < 4.78 is 0.682. The molecule has 4 heteroatoms. The normalized spacial score (nSPS) is 14.8. The molecular formula is C12H12N2S2. The van der Waals surface area contributed by atoms with E-state index in [1.165, 1.54) is 34.6 Å². The maximum absolute atomic E-state index is 5.04. The zero-order valence-corrected chi connectivity index (χ0v) is 10.4. The standard InChI is InChI=1S/C12H12N2S2/c15-12-13-7-10(14-12)8-3-4-11-9(6-8)2-1-5-16-11/h3-4,6-7H,1-2,5H2,(H2,13,14,15). The Hall–Kier alpha value is -1.00. The van der Waals surface area contributed by atoms with Crippen molar-refractivity contribution in [2.45, 2.75) is 17.7 Å². The minimum Gasteiger partial charge on any atom is -0.337 e. The number of nitrogens with one attached hydrogen (secondary N) is 2. The summed E-state index contributed by atoms with van der Waals surface area (Å²) in [5.74, 6) is 1.25. The van der Waals surface area contributed by atoms with Crippen LogP contribution in [-0.2, 0) is 6.42 Å². The molecule has 1 aliphatic heterocycles. The van der Waals surface area contributed by atoms with Gasteiger partial charge in [-0.2, -0.15) is 0 Å². The van der Waals surface area contributed by atoms with Gasteiger partial charge in [0.1, 0.15) is 0 Å². The van der Waals surface area contributed by atoms with Gasteiger partial charge in [-0.05, 0) is 54.1 Å². The highest BCUT2D eigenvalue weighted by molar-refractivity contribution is 7.99. The van der Waals surface area contributed by atoms with Crippen LogP contribution in [0, 0.1) is 4.77 Å². The van der Waals surface area contributed by atoms with Gasteiger partial charge in [0.2, 0.25) is 0 Å². The van der Waals surface area contributed by atoms with Crippen LogP contribution >= 0.6 is 24.0 Å². The Morgan fingerprint density at radius 2 is 2.25 bits per heavy atom. The largest absolute Gasteiger partial charge is 0.337 e. The van der Waals surface area contributed by atoms with Gasteiger partial charge in [0.15, 0.2) is 4.77 Å². The molecule has 0 aliphatic carbocycles. The number of H-pyrrole nitrogens is 2. The number of thioether (sulfide) groups is 1. The van der Waals surface area contributed by atoms with Gasteiger partial charge in [-0.25, -0.2) is 0 Å². The van der Waals surface area contributed by atoms with E-state index in [-0.39, 0.29) is 0 Å². The van der Waals surface area contributed by atoms with E-state index in [0.717, 1.165) is 5.69 Å². The van der Waals surface area contributed by atoms with Crippen molar-refractivity contribution in [2.24, 2.45) is 0 Å². The van der Waals surface area contributed by atoms with Crippen LogP contribution in [0.15, 0.2) is 29.3 Å². The van der Waals surface area contributed by atoms with Crippen LogP contribution in [0.1, 0.15) is 12.0 Å². The monoisotopic (exact) mass is 248 g/mol. The van der Waals surface area contributed by atoms with E-state index in [1.807, 2.05) is 18.0 Å². The van der Waals surface area contributed by atoms with Crippen molar-refractivity contribution in [1.29, 1.82) is 0 Å². The summed E-state index contributed by atoms with van der Waals surface area (Å²) in [4.78, 5) is 7.59. The molecule has 1 aliphatic rings. The topological polar surface area (TPSA) is 31.6 Å². The van der Waals surface area contributed by atoms with Crippen LogP contribution in [0.4, 0.5) is 0 Å². The van der Waals surface area contributed by atoms with E-state index >= 15 is 0 Å². The van der Waals surface area contributed by atoms with Gasteiger partial charge in [0.05, 0.1) is 5.69 Å². The summed E-state index contributed by atoms with van der Waals surface area (Å²) >= 11 is 7.00. The zero-order valence-electron chi connectivity index (χ0n) is 8.75. The van der Waals surface area contributed by atoms with E-state index in [4.69, 9.17) is 12.2 Å². The molecule has 82 valence electrons. The molecular weight excluding hydrogens is 236 g/mol. The number of hydrogen-bond donors (Lipinski definition) is 2. The van der Waals surface area contributed by atoms with Crippen molar-refractivity contribution >= 4 is 24.0 Å². The predicted molar refractivity (Wildman–Crippen MR) is 70.5 cm³/mol. The highest BCUT2D eigenvalue weighted by Gasteiger charge is 2.10. The molecule has 0 saturated carbocycles. The lowest BCUT2D eigenvalue weighted by Gasteiger charge is -2.15. The molecule has 0 fully saturated rings. The number of fused-ring (bicyclic) bond motifs is 1. The molecule has 2 aromatic rings. The van der Waals surface area contributed by atoms with Gasteiger partial charge in [0, 0.05) is 11.1 Å². The molecule has 2 N–H and O–H groups in total. The molecule has 0 amide bonds. The molecule has 16 heavy (non-hydrogen) atoms. The summed E-state index contributed by atoms with van der Waals surface area (Å²) in [6, 6.07) is 6.65. The molecule has 0 bridgehead atoms. The Morgan fingerprint density at radius 1 is 1.31 bits per heavy atom. The number of hydrogen-bond acceptors (Lipinski definition) is 2. The highest BCUT2D eigenvalue weighted by atomic mass is 32.2. The van der Waals surface area contributed by atoms with Crippen LogP contribution in [0.2, 0.25) is 0 Å². The fourth-order valence-corrected chi connectivity index (χ4v) is 3.20. The second-order valence-corrected chi connectivity index (χ2v) is 5.48. The first-order chi connectivity index (χ1) is 7.83. The third-order valence-electron chi connectivity index (χ3n) is 2.82. The minimum absolute atomic E-state index is 0.682. The van der Waals surface area contributed by atoms with Gasteiger partial charge < -0.3 is 9.97 Å². The van der Waals surface area contributed by atoms with Crippen molar-refractivity contribution in [2.75, 3.05) is 5.75 Å². The van der Waals surface area contributed by atoms with E-state index < -0.39 is 0 Å². The number of benzene rings is 1. The highest BCUT2D eigenvalue weighted by Crippen LogP contribution is 2.32. The first-order valence-electron chi connectivity index (χ1n) is 5.37. The van der Waals surface area contributed by atoms with Crippen LogP contribution in [0.3, 0.4) is 0 Å². The van der Waals surface area contributed by atoms with Crippen LogP contribution in [0.25, 0.3) is 11.3 Å². The van der Waals surface area contributed by atoms with Crippen LogP contribution in [-0.4, -0.2) is 15.7 Å². The number of aromatic nitrogens is 2. The summed E-state index contributed by atoms with van der Waals surface area (Å²) in [5.41, 5.74) is 3.76. The number of rotatable bonds is 1. The Labute approximate surface area is 103 Å². The molecule has 0 radical (unpaired) electrons. The summed E-state index contributed by atoms with van der Waals surface area (Å²) in [5, 5.41) is 0. The molecule has 0 spiro atoms. The predicted octanol–water partition coefficient (Wildman–Crippen LogP) is 3.78. The fraction of sp³-hybridized carbons (Fsp3) is 0.250. The first kappa shape index (κ1) is 10.2. The number of imidazole rings is 1. The Kier molecular flexibility index (Phi) is 2.61. The second kappa shape index (κ2) is 4.11. The van der Waals surface area contributed by atoms with Gasteiger partial charge >= 0.3 is 0 Å². The maximum Gasteiger partial charge on any atom is 0.174 e. The van der Waals surface area contributed by atoms with E-state index in [2.05, 4.69) is 28.2 Å². The molecule has 1 aromatic carbocycles. The van der Waals surface area contributed by atoms with E-state index in [9.17, 15) is 0 Å². The minimum atomic E-state index is 0.682.